The van der Waals surface area contributed by atoms with E-state index in [0.717, 1.165) is 57.8 Å². The van der Waals surface area contributed by atoms with Gasteiger partial charge in [0.2, 0.25) is 0 Å². The van der Waals surface area contributed by atoms with Crippen LogP contribution in [0.4, 0.5) is 0 Å². The molecule has 474 valence electrons. The van der Waals surface area contributed by atoms with Gasteiger partial charge in [0, 0.05) is 19.3 Å². The van der Waals surface area contributed by atoms with Crippen molar-refractivity contribution in [2.45, 2.75) is 380 Å². The molecule has 0 spiro atoms. The van der Waals surface area contributed by atoms with Crippen molar-refractivity contribution < 1.29 is 52.2 Å². The zero-order valence-corrected chi connectivity index (χ0v) is 53.7. The van der Waals surface area contributed by atoms with Gasteiger partial charge in [0.05, 0.1) is 19.8 Å². The fraction of sp³-hybridized carbons (Fsp3) is 0.926. The van der Waals surface area contributed by atoms with Gasteiger partial charge in [-0.05, 0) is 44.9 Å². The lowest BCUT2D eigenvalue weighted by molar-refractivity contribution is -0.161. The molecule has 0 bridgehead atoms. The van der Waals surface area contributed by atoms with Crippen molar-refractivity contribution in [3.63, 3.8) is 0 Å². The molecule has 0 aromatic heterocycles. The number of rotatable bonds is 66. The van der Waals surface area contributed by atoms with E-state index in [1.54, 1.807) is 0 Å². The van der Waals surface area contributed by atoms with E-state index in [1.165, 1.54) is 250 Å². The lowest BCUT2D eigenvalue weighted by Gasteiger charge is -2.21. The number of hydrogen-bond donors (Lipinski definition) is 2. The summed E-state index contributed by atoms with van der Waals surface area (Å²) >= 11 is 0. The molecule has 0 heterocycles. The third-order valence-corrected chi connectivity index (χ3v) is 16.6. The van der Waals surface area contributed by atoms with Crippen LogP contribution in [0.2, 0.25) is 0 Å². The van der Waals surface area contributed by atoms with Crippen molar-refractivity contribution >= 4 is 25.7 Å². The average molecular weight is 1160 g/mol. The molecule has 80 heavy (non-hydrogen) atoms. The molecule has 0 amide bonds. The van der Waals surface area contributed by atoms with Crippen LogP contribution in [0.15, 0.2) is 12.2 Å². The van der Waals surface area contributed by atoms with Gasteiger partial charge in [-0.15, -0.1) is 0 Å². The number of hydrogen-bond acceptors (Lipinski definition) is 10. The first-order valence-corrected chi connectivity index (χ1v) is 36.1. The Labute approximate surface area is 494 Å². The van der Waals surface area contributed by atoms with Crippen molar-refractivity contribution in [3.05, 3.63) is 12.2 Å². The molecule has 12 heteroatoms. The van der Waals surface area contributed by atoms with Crippen molar-refractivity contribution in [2.24, 2.45) is 0 Å². The average Bonchev–Trinajstić information content (AvgIpc) is 3.45. The molecule has 3 atom stereocenters. The van der Waals surface area contributed by atoms with E-state index in [4.69, 9.17) is 23.3 Å². The highest BCUT2D eigenvalue weighted by Gasteiger charge is 2.28. The number of carbonyl (C=O) groups is 3. The van der Waals surface area contributed by atoms with Crippen LogP contribution in [0, 0.1) is 0 Å². The fourth-order valence-corrected chi connectivity index (χ4v) is 11.2. The summed E-state index contributed by atoms with van der Waals surface area (Å²) in [5, 5.41) is 9.86. The molecule has 0 radical (unpaired) electrons. The predicted molar refractivity (Wildman–Crippen MR) is 335 cm³/mol. The molecule has 3 unspecified atom stereocenters. The Morgan fingerprint density at radius 1 is 0.338 bits per heavy atom. The van der Waals surface area contributed by atoms with Gasteiger partial charge in [0.1, 0.15) is 12.7 Å². The van der Waals surface area contributed by atoms with Crippen LogP contribution in [0.1, 0.15) is 367 Å². The van der Waals surface area contributed by atoms with Crippen LogP contribution in [-0.4, -0.2) is 66.5 Å². The molecular weight excluding hydrogens is 1020 g/mol. The van der Waals surface area contributed by atoms with E-state index in [1.807, 2.05) is 0 Å². The Bertz CT molecular complexity index is 1390. The maximum Gasteiger partial charge on any atom is 0.472 e. The number of carbonyl (C=O) groups excluding carboxylic acids is 3. The summed E-state index contributed by atoms with van der Waals surface area (Å²) in [7, 11) is -4.75. The topological polar surface area (TPSA) is 155 Å². The first-order chi connectivity index (χ1) is 39.2. The van der Waals surface area contributed by atoms with E-state index in [9.17, 15) is 28.9 Å². The third kappa shape index (κ3) is 60.8. The lowest BCUT2D eigenvalue weighted by atomic mass is 10.0. The Morgan fingerprint density at radius 2 is 0.575 bits per heavy atom. The first kappa shape index (κ1) is 78.2. The van der Waals surface area contributed by atoms with E-state index in [0.29, 0.717) is 19.3 Å². The minimum Gasteiger partial charge on any atom is -0.462 e. The van der Waals surface area contributed by atoms with Crippen LogP contribution in [0.5, 0.6) is 0 Å². The van der Waals surface area contributed by atoms with Gasteiger partial charge >= 0.3 is 25.7 Å². The molecule has 0 saturated carbocycles. The summed E-state index contributed by atoms with van der Waals surface area (Å²) in [6.07, 6.45) is 65.9. The van der Waals surface area contributed by atoms with Crippen molar-refractivity contribution in [2.75, 3.05) is 26.4 Å². The van der Waals surface area contributed by atoms with Crippen molar-refractivity contribution in [3.8, 4) is 0 Å². The van der Waals surface area contributed by atoms with E-state index >= 15 is 0 Å². The van der Waals surface area contributed by atoms with Gasteiger partial charge in [-0.3, -0.25) is 23.4 Å². The van der Waals surface area contributed by atoms with Gasteiger partial charge in [-0.1, -0.05) is 315 Å². The normalized spacial score (nSPS) is 13.2. The van der Waals surface area contributed by atoms with Crippen LogP contribution in [-0.2, 0) is 42.2 Å². The Kier molecular flexibility index (Phi) is 61.8. The van der Waals surface area contributed by atoms with E-state index in [-0.39, 0.29) is 25.9 Å². The molecule has 11 nitrogen and oxygen atoms in total. The van der Waals surface area contributed by atoms with Crippen LogP contribution >= 0.6 is 7.82 Å². The van der Waals surface area contributed by atoms with E-state index < -0.39 is 57.8 Å². The lowest BCUT2D eigenvalue weighted by Crippen LogP contribution is -2.30. The van der Waals surface area contributed by atoms with Gasteiger partial charge in [-0.25, -0.2) is 4.57 Å². The maximum atomic E-state index is 13.0. The Hall–Kier alpha value is -1.78. The molecule has 0 aromatic rings. The monoisotopic (exact) mass is 1150 g/mol. The summed E-state index contributed by atoms with van der Waals surface area (Å²) in [5.74, 6) is -1.42. The molecular formula is C68H131O11P. The number of aliphatic hydroxyl groups excluding tert-OH is 1. The minimum absolute atomic E-state index is 0.173. The van der Waals surface area contributed by atoms with Gasteiger partial charge < -0.3 is 24.2 Å². The zero-order chi connectivity index (χ0) is 58.3. The maximum absolute atomic E-state index is 13.0. The highest BCUT2D eigenvalue weighted by molar-refractivity contribution is 7.47. The highest BCUT2D eigenvalue weighted by atomic mass is 31.2. The Balaban J connectivity index is 4.63. The summed E-state index contributed by atoms with van der Waals surface area (Å²) < 4.78 is 39.8. The van der Waals surface area contributed by atoms with Gasteiger partial charge in [0.15, 0.2) is 6.10 Å². The predicted octanol–water partition coefficient (Wildman–Crippen LogP) is 21.2. The summed E-state index contributed by atoms with van der Waals surface area (Å²) in [4.78, 5) is 48.8. The zero-order valence-electron chi connectivity index (χ0n) is 52.8. The quantitative estimate of drug-likeness (QED) is 0.0197. The molecule has 0 aliphatic heterocycles. The smallest absolute Gasteiger partial charge is 0.462 e. The second kappa shape index (κ2) is 63.2. The Morgan fingerprint density at radius 3 is 0.863 bits per heavy atom. The largest absolute Gasteiger partial charge is 0.472 e. The van der Waals surface area contributed by atoms with Gasteiger partial charge in [0.25, 0.3) is 0 Å². The highest BCUT2D eigenvalue weighted by Crippen LogP contribution is 2.43. The molecule has 2 N–H and O–H groups in total. The van der Waals surface area contributed by atoms with Crippen molar-refractivity contribution in [1.82, 2.24) is 0 Å². The number of ether oxygens (including phenoxy) is 3. The number of allylic oxidation sites excluding steroid dienone is 2. The summed E-state index contributed by atoms with van der Waals surface area (Å²) in [6, 6.07) is 0. The number of aliphatic hydroxyl groups is 1. The molecule has 0 aliphatic carbocycles. The summed E-state index contributed by atoms with van der Waals surface area (Å²) in [5.41, 5.74) is 0. The molecule has 0 fully saturated rings. The van der Waals surface area contributed by atoms with Gasteiger partial charge in [-0.2, -0.15) is 0 Å². The molecule has 0 rings (SSSR count). The number of phosphoric ester groups is 1. The van der Waals surface area contributed by atoms with Crippen molar-refractivity contribution in [1.29, 1.82) is 0 Å². The van der Waals surface area contributed by atoms with Crippen LogP contribution < -0.4 is 0 Å². The summed E-state index contributed by atoms with van der Waals surface area (Å²) in [6.45, 7) is 4.75. The van der Waals surface area contributed by atoms with E-state index in [2.05, 4.69) is 32.9 Å². The molecule has 0 aromatic carbocycles. The number of phosphoric acid groups is 1. The van der Waals surface area contributed by atoms with Crippen LogP contribution in [0.25, 0.3) is 0 Å². The molecule has 0 aliphatic rings. The second-order valence-electron chi connectivity index (χ2n) is 23.7. The molecule has 0 saturated heterocycles. The SMILES string of the molecule is CCCCCCCC/C=C\CCCCCCCCCCCC(=O)OC(COC(=O)CCCCCCCCCCCCCCCCCCCCC)COP(=O)(O)OCC(CO)OC(=O)CCCCCCCCCCCCCCCCC. The third-order valence-electron chi connectivity index (χ3n) is 15.7. The number of esters is 3. The standard InChI is InChI=1S/C68H131O11P/c1-4-7-10-13-16-19-22-25-28-30-32-34-37-39-42-45-48-51-54-57-66(70)75-61-65(79-68(72)59-56-53-50-47-44-41-38-35-33-31-29-26-23-20-17-14-11-8-5-2)63-77-80(73,74)76-62-64(60-69)78-67(71)58-55-52-49-46-43-40-36-27-24-21-18-15-12-9-6-3/h26,29,64-65,69H,4-25,27-28,30-63H2,1-3H3,(H,73,74)/b29-26-. The number of unbranched alkanes of at least 4 members (excludes halogenated alkanes) is 47. The second-order valence-corrected chi connectivity index (χ2v) is 25.2. The van der Waals surface area contributed by atoms with Crippen LogP contribution in [0.3, 0.4) is 0 Å². The minimum atomic E-state index is -4.75. The first-order valence-electron chi connectivity index (χ1n) is 34.6. The fourth-order valence-electron chi connectivity index (χ4n) is 10.4.